The molecule has 0 fully saturated rings. The standard InChI is InChI=1S/C11H13F3/c1-7-2-3-8-4-5-9(6-10(7)8)11(12,13)14/h6-7H,2-5H2,1H3. The van der Waals surface area contributed by atoms with Gasteiger partial charge >= 0.3 is 6.18 Å². The summed E-state index contributed by atoms with van der Waals surface area (Å²) in [6, 6.07) is 0. The van der Waals surface area contributed by atoms with Gasteiger partial charge in [0.25, 0.3) is 0 Å². The van der Waals surface area contributed by atoms with E-state index in [0.717, 1.165) is 18.4 Å². The van der Waals surface area contributed by atoms with Crippen LogP contribution in [0.1, 0.15) is 32.6 Å². The Balaban J connectivity index is 2.29. The van der Waals surface area contributed by atoms with Crippen LogP contribution in [-0.2, 0) is 0 Å². The van der Waals surface area contributed by atoms with Crippen LogP contribution in [0, 0.1) is 5.92 Å². The van der Waals surface area contributed by atoms with E-state index >= 15 is 0 Å². The maximum absolute atomic E-state index is 12.4. The number of alkyl halides is 3. The van der Waals surface area contributed by atoms with E-state index in [1.54, 1.807) is 0 Å². The van der Waals surface area contributed by atoms with Crippen molar-refractivity contribution in [2.45, 2.75) is 38.8 Å². The number of halogens is 3. The van der Waals surface area contributed by atoms with Crippen molar-refractivity contribution in [2.24, 2.45) is 5.92 Å². The van der Waals surface area contributed by atoms with Gasteiger partial charge in [-0.25, -0.2) is 0 Å². The molecule has 0 bridgehead atoms. The highest BCUT2D eigenvalue weighted by Crippen LogP contribution is 2.43. The van der Waals surface area contributed by atoms with Crippen molar-refractivity contribution in [1.82, 2.24) is 0 Å². The van der Waals surface area contributed by atoms with Crippen LogP contribution in [0.3, 0.4) is 0 Å². The first-order valence-electron chi connectivity index (χ1n) is 4.98. The summed E-state index contributed by atoms with van der Waals surface area (Å²) in [6.45, 7) is 2.01. The minimum absolute atomic E-state index is 0.176. The molecule has 0 aliphatic heterocycles. The lowest BCUT2D eigenvalue weighted by molar-refractivity contribution is -0.0942. The summed E-state index contributed by atoms with van der Waals surface area (Å²) >= 11 is 0. The van der Waals surface area contributed by atoms with E-state index in [-0.39, 0.29) is 12.0 Å². The molecule has 0 heterocycles. The fraction of sp³-hybridized carbons (Fsp3) is 0.636. The summed E-state index contributed by atoms with van der Waals surface area (Å²) in [5.74, 6) is 0.322. The van der Waals surface area contributed by atoms with Gasteiger partial charge in [0.15, 0.2) is 0 Å². The van der Waals surface area contributed by atoms with Gasteiger partial charge in [0.05, 0.1) is 0 Å². The lowest BCUT2D eigenvalue weighted by Gasteiger charge is -2.19. The van der Waals surface area contributed by atoms with Crippen molar-refractivity contribution in [3.05, 3.63) is 22.8 Å². The predicted octanol–water partition coefficient (Wildman–Crippen LogP) is 4.00. The van der Waals surface area contributed by atoms with E-state index in [4.69, 9.17) is 0 Å². The number of rotatable bonds is 0. The molecule has 3 heteroatoms. The molecule has 2 aliphatic carbocycles. The average Bonchev–Trinajstić information content (AvgIpc) is 2.46. The normalized spacial score (nSPS) is 27.7. The van der Waals surface area contributed by atoms with Gasteiger partial charge in [-0.1, -0.05) is 18.6 Å². The summed E-state index contributed by atoms with van der Waals surface area (Å²) in [4.78, 5) is 0. The second kappa shape index (κ2) is 3.14. The molecule has 0 amide bonds. The van der Waals surface area contributed by atoms with Crippen molar-refractivity contribution >= 4 is 0 Å². The smallest absolute Gasteiger partial charge is 0.166 e. The molecule has 0 spiro atoms. The fourth-order valence-electron chi connectivity index (χ4n) is 2.32. The Bertz CT molecular complexity index is 307. The SMILES string of the molecule is CC1CCC2=C1C=C(C(F)(F)F)CC2. The first-order chi connectivity index (χ1) is 6.48. The van der Waals surface area contributed by atoms with Crippen LogP contribution in [0.15, 0.2) is 22.8 Å². The molecule has 0 radical (unpaired) electrons. The molecule has 0 saturated heterocycles. The molecule has 0 saturated carbocycles. The van der Waals surface area contributed by atoms with Gasteiger partial charge in [0.2, 0.25) is 0 Å². The molecule has 1 unspecified atom stereocenters. The second-order valence-corrected chi connectivity index (χ2v) is 4.17. The van der Waals surface area contributed by atoms with Crippen molar-refractivity contribution in [3.8, 4) is 0 Å². The summed E-state index contributed by atoms with van der Waals surface area (Å²) in [5.41, 5.74) is 1.87. The minimum Gasteiger partial charge on any atom is -0.166 e. The number of hydrogen-bond acceptors (Lipinski definition) is 0. The molecule has 0 aromatic rings. The van der Waals surface area contributed by atoms with E-state index in [2.05, 4.69) is 0 Å². The zero-order chi connectivity index (χ0) is 10.3. The van der Waals surface area contributed by atoms with Crippen LogP contribution in [-0.4, -0.2) is 6.18 Å². The molecule has 1 atom stereocenters. The third-order valence-electron chi connectivity index (χ3n) is 3.21. The van der Waals surface area contributed by atoms with E-state index in [1.807, 2.05) is 6.92 Å². The Kier molecular flexibility index (Phi) is 2.20. The molecule has 0 aromatic carbocycles. The minimum atomic E-state index is -4.12. The predicted molar refractivity (Wildman–Crippen MR) is 48.8 cm³/mol. The molecular formula is C11H13F3. The van der Waals surface area contributed by atoms with Crippen molar-refractivity contribution in [3.63, 3.8) is 0 Å². The Morgan fingerprint density at radius 2 is 1.93 bits per heavy atom. The van der Waals surface area contributed by atoms with E-state index in [1.165, 1.54) is 11.6 Å². The van der Waals surface area contributed by atoms with Crippen molar-refractivity contribution < 1.29 is 13.2 Å². The summed E-state index contributed by atoms with van der Waals surface area (Å²) in [6.07, 6.45) is 0.0713. The van der Waals surface area contributed by atoms with Gasteiger partial charge in [0, 0.05) is 5.57 Å². The van der Waals surface area contributed by atoms with Crippen LogP contribution in [0.5, 0.6) is 0 Å². The third kappa shape index (κ3) is 1.60. The molecule has 0 nitrogen and oxygen atoms in total. The first kappa shape index (κ1) is 9.81. The zero-order valence-corrected chi connectivity index (χ0v) is 8.12. The second-order valence-electron chi connectivity index (χ2n) is 4.17. The van der Waals surface area contributed by atoms with Gasteiger partial charge in [0.1, 0.15) is 0 Å². The van der Waals surface area contributed by atoms with Gasteiger partial charge in [-0.2, -0.15) is 13.2 Å². The highest BCUT2D eigenvalue weighted by molar-refractivity contribution is 5.39. The van der Waals surface area contributed by atoms with Crippen molar-refractivity contribution in [2.75, 3.05) is 0 Å². The monoisotopic (exact) mass is 202 g/mol. The van der Waals surface area contributed by atoms with Crippen molar-refractivity contribution in [1.29, 1.82) is 0 Å². The van der Waals surface area contributed by atoms with Gasteiger partial charge in [-0.15, -0.1) is 0 Å². The van der Waals surface area contributed by atoms with Gasteiger partial charge in [-0.3, -0.25) is 0 Å². The Labute approximate surface area is 81.5 Å². The Hall–Kier alpha value is -0.730. The van der Waals surface area contributed by atoms with Crippen LogP contribution >= 0.6 is 0 Å². The molecule has 2 rings (SSSR count). The van der Waals surface area contributed by atoms with Crippen LogP contribution in [0.25, 0.3) is 0 Å². The lowest BCUT2D eigenvalue weighted by Crippen LogP contribution is -2.15. The highest BCUT2D eigenvalue weighted by Gasteiger charge is 2.36. The number of allylic oxidation sites excluding steroid dienone is 4. The zero-order valence-electron chi connectivity index (χ0n) is 8.12. The van der Waals surface area contributed by atoms with Crippen LogP contribution in [0.2, 0.25) is 0 Å². The van der Waals surface area contributed by atoms with Gasteiger partial charge < -0.3 is 0 Å². The van der Waals surface area contributed by atoms with Crippen LogP contribution < -0.4 is 0 Å². The van der Waals surface area contributed by atoms with E-state index in [9.17, 15) is 13.2 Å². The Morgan fingerprint density at radius 1 is 1.21 bits per heavy atom. The Morgan fingerprint density at radius 3 is 2.57 bits per heavy atom. The summed E-state index contributed by atoms with van der Waals surface area (Å²) < 4.78 is 37.3. The summed E-state index contributed by atoms with van der Waals surface area (Å²) in [7, 11) is 0. The molecular weight excluding hydrogens is 189 g/mol. The maximum atomic E-state index is 12.4. The van der Waals surface area contributed by atoms with Crippen LogP contribution in [0.4, 0.5) is 13.2 Å². The fourth-order valence-corrected chi connectivity index (χ4v) is 2.32. The summed E-state index contributed by atoms with van der Waals surface area (Å²) in [5, 5.41) is 0. The average molecular weight is 202 g/mol. The number of hydrogen-bond donors (Lipinski definition) is 0. The molecule has 14 heavy (non-hydrogen) atoms. The topological polar surface area (TPSA) is 0 Å². The quantitative estimate of drug-likeness (QED) is 0.557. The molecule has 78 valence electrons. The lowest BCUT2D eigenvalue weighted by atomic mass is 9.91. The third-order valence-corrected chi connectivity index (χ3v) is 3.21. The van der Waals surface area contributed by atoms with E-state index < -0.39 is 6.18 Å². The largest absolute Gasteiger partial charge is 0.412 e. The highest BCUT2D eigenvalue weighted by atomic mass is 19.4. The van der Waals surface area contributed by atoms with Gasteiger partial charge in [-0.05, 0) is 37.2 Å². The first-order valence-corrected chi connectivity index (χ1v) is 4.98. The molecule has 2 aliphatic rings. The molecule has 0 N–H and O–H groups in total. The molecule has 0 aromatic heterocycles. The maximum Gasteiger partial charge on any atom is 0.412 e. The van der Waals surface area contributed by atoms with E-state index in [0.29, 0.717) is 12.3 Å².